The minimum atomic E-state index is -0.314. The summed E-state index contributed by atoms with van der Waals surface area (Å²) in [4.78, 5) is 15.2. The summed E-state index contributed by atoms with van der Waals surface area (Å²) in [6.07, 6.45) is 6.30. The third kappa shape index (κ3) is 10.4. The Bertz CT molecular complexity index is 447. The van der Waals surface area contributed by atoms with Gasteiger partial charge in [0, 0.05) is 6.54 Å². The smallest absolute Gasteiger partial charge is 0.288 e. The second-order valence-electron chi connectivity index (χ2n) is 4.18. The lowest BCUT2D eigenvalue weighted by Crippen LogP contribution is -2.28. The molecule has 9 heteroatoms. The van der Waals surface area contributed by atoms with Gasteiger partial charge in [-0.15, -0.1) is 6.42 Å². The van der Waals surface area contributed by atoms with E-state index in [1.165, 1.54) is 6.33 Å². The number of amides is 1. The maximum Gasteiger partial charge on any atom is 0.288 e. The number of hydrogen-bond acceptors (Lipinski definition) is 7. The monoisotopic (exact) mass is 326 g/mol. The molecule has 0 aliphatic carbocycles. The summed E-state index contributed by atoms with van der Waals surface area (Å²) in [5.74, 6) is 2.24. The summed E-state index contributed by atoms with van der Waals surface area (Å²) in [7, 11) is 0. The summed E-state index contributed by atoms with van der Waals surface area (Å²) in [6.45, 7) is 3.95. The highest BCUT2D eigenvalue weighted by Gasteiger charge is 2.06. The largest absolute Gasteiger partial charge is 0.377 e. The molecule has 0 atom stereocenters. The maximum absolute atomic E-state index is 11.5. The normalized spacial score (nSPS) is 10.4. The fourth-order valence-corrected chi connectivity index (χ4v) is 1.43. The van der Waals surface area contributed by atoms with Crippen LogP contribution < -0.4 is 5.32 Å². The van der Waals surface area contributed by atoms with Crippen LogP contribution >= 0.6 is 0 Å². The van der Waals surface area contributed by atoms with E-state index in [-0.39, 0.29) is 11.7 Å². The van der Waals surface area contributed by atoms with E-state index in [2.05, 4.69) is 26.4 Å². The molecule has 1 rings (SSSR count). The average molecular weight is 326 g/mol. The van der Waals surface area contributed by atoms with Crippen molar-refractivity contribution in [1.82, 2.24) is 20.5 Å². The number of carbonyl (C=O) groups excluding carboxylic acids is 1. The van der Waals surface area contributed by atoms with Gasteiger partial charge in [-0.1, -0.05) is 5.92 Å². The average Bonchev–Trinajstić information content (AvgIpc) is 3.09. The molecule has 0 radical (unpaired) electrons. The summed E-state index contributed by atoms with van der Waals surface area (Å²) in [5.41, 5.74) is 0. The Balaban J connectivity index is 1.77. The number of nitrogens with zero attached hydrogens (tertiary/aromatic N) is 2. The predicted molar refractivity (Wildman–Crippen MR) is 80.8 cm³/mol. The first-order valence-corrected chi connectivity index (χ1v) is 7.22. The van der Waals surface area contributed by atoms with E-state index in [1.54, 1.807) is 0 Å². The van der Waals surface area contributed by atoms with Gasteiger partial charge in [0.15, 0.2) is 0 Å². The first-order valence-electron chi connectivity index (χ1n) is 7.22. The van der Waals surface area contributed by atoms with Crippen LogP contribution in [0.25, 0.3) is 0 Å². The van der Waals surface area contributed by atoms with Crippen LogP contribution in [-0.2, 0) is 18.9 Å². The number of H-pyrrole nitrogens is 1. The van der Waals surface area contributed by atoms with Gasteiger partial charge >= 0.3 is 0 Å². The molecule has 128 valence electrons. The minimum absolute atomic E-state index is 0.179. The van der Waals surface area contributed by atoms with Gasteiger partial charge in [0.25, 0.3) is 5.91 Å². The molecule has 0 saturated carbocycles. The van der Waals surface area contributed by atoms with Gasteiger partial charge in [-0.25, -0.2) is 4.98 Å². The van der Waals surface area contributed by atoms with Crippen LogP contribution in [0.4, 0.5) is 0 Å². The molecule has 0 saturated heterocycles. The molecule has 9 nitrogen and oxygen atoms in total. The first kappa shape index (κ1) is 19.1. The van der Waals surface area contributed by atoms with Crippen molar-refractivity contribution in [1.29, 1.82) is 0 Å². The van der Waals surface area contributed by atoms with E-state index in [1.807, 2.05) is 0 Å². The SMILES string of the molecule is C#CCOCCOCCOCCOCCNC(=O)c1ncn[nH]1. The van der Waals surface area contributed by atoms with Crippen molar-refractivity contribution < 1.29 is 23.7 Å². The lowest BCUT2D eigenvalue weighted by molar-refractivity contribution is 0.00175. The van der Waals surface area contributed by atoms with Gasteiger partial charge in [-0.2, -0.15) is 5.10 Å². The van der Waals surface area contributed by atoms with Crippen LogP contribution in [0.2, 0.25) is 0 Å². The highest BCUT2D eigenvalue weighted by molar-refractivity contribution is 5.90. The molecule has 0 aromatic carbocycles. The minimum Gasteiger partial charge on any atom is -0.377 e. The Kier molecular flexibility index (Phi) is 11.3. The van der Waals surface area contributed by atoms with Crippen molar-refractivity contribution in [3.05, 3.63) is 12.2 Å². The third-order valence-corrected chi connectivity index (χ3v) is 2.46. The van der Waals surface area contributed by atoms with Crippen LogP contribution in [0.5, 0.6) is 0 Å². The number of rotatable bonds is 14. The predicted octanol–water partition coefficient (Wildman–Crippen LogP) is -0.766. The Morgan fingerprint density at radius 1 is 1.09 bits per heavy atom. The molecule has 1 aromatic rings. The van der Waals surface area contributed by atoms with Crippen LogP contribution in [0.15, 0.2) is 6.33 Å². The van der Waals surface area contributed by atoms with Gasteiger partial charge < -0.3 is 24.3 Å². The zero-order valence-electron chi connectivity index (χ0n) is 13.0. The molecule has 0 unspecified atom stereocenters. The van der Waals surface area contributed by atoms with Crippen molar-refractivity contribution >= 4 is 5.91 Å². The Hall–Kier alpha value is -1.99. The fraction of sp³-hybridized carbons (Fsp3) is 0.643. The highest BCUT2D eigenvalue weighted by Crippen LogP contribution is 1.85. The van der Waals surface area contributed by atoms with Crippen molar-refractivity contribution in [2.45, 2.75) is 0 Å². The number of hydrogen-bond donors (Lipinski definition) is 2. The zero-order chi connectivity index (χ0) is 16.6. The Labute approximate surface area is 135 Å². The van der Waals surface area contributed by atoms with E-state index >= 15 is 0 Å². The molecular weight excluding hydrogens is 304 g/mol. The fourth-order valence-electron chi connectivity index (χ4n) is 1.43. The van der Waals surface area contributed by atoms with Crippen molar-refractivity contribution in [2.24, 2.45) is 0 Å². The van der Waals surface area contributed by atoms with Crippen LogP contribution in [0, 0.1) is 12.3 Å². The topological polar surface area (TPSA) is 108 Å². The molecule has 2 N–H and O–H groups in total. The lowest BCUT2D eigenvalue weighted by Gasteiger charge is -2.07. The number of aromatic nitrogens is 3. The Morgan fingerprint density at radius 3 is 2.26 bits per heavy atom. The summed E-state index contributed by atoms with van der Waals surface area (Å²) < 4.78 is 20.9. The molecule has 0 bridgehead atoms. The number of terminal acetylenes is 1. The quantitative estimate of drug-likeness (QED) is 0.341. The molecule has 0 fully saturated rings. The molecule has 0 aliphatic rings. The number of ether oxygens (including phenoxy) is 4. The molecular formula is C14H22N4O5. The van der Waals surface area contributed by atoms with Crippen molar-refractivity contribution in [3.63, 3.8) is 0 Å². The lowest BCUT2D eigenvalue weighted by atomic mass is 10.5. The van der Waals surface area contributed by atoms with Gasteiger partial charge in [0.05, 0.1) is 46.2 Å². The molecule has 23 heavy (non-hydrogen) atoms. The van der Waals surface area contributed by atoms with E-state index in [0.29, 0.717) is 59.4 Å². The van der Waals surface area contributed by atoms with Gasteiger partial charge in [0.1, 0.15) is 12.9 Å². The summed E-state index contributed by atoms with van der Waals surface area (Å²) in [5, 5.41) is 8.71. The first-order chi connectivity index (χ1) is 11.3. The third-order valence-electron chi connectivity index (χ3n) is 2.46. The number of aromatic amines is 1. The van der Waals surface area contributed by atoms with Crippen LogP contribution in [0.1, 0.15) is 10.6 Å². The van der Waals surface area contributed by atoms with Crippen LogP contribution in [0.3, 0.4) is 0 Å². The van der Waals surface area contributed by atoms with E-state index in [9.17, 15) is 4.79 Å². The van der Waals surface area contributed by atoms with Crippen LogP contribution in [-0.4, -0.2) is 80.5 Å². The summed E-state index contributed by atoms with van der Waals surface area (Å²) >= 11 is 0. The second kappa shape index (κ2) is 13.7. The second-order valence-corrected chi connectivity index (χ2v) is 4.18. The summed E-state index contributed by atoms with van der Waals surface area (Å²) in [6, 6.07) is 0. The van der Waals surface area contributed by atoms with E-state index in [0.717, 1.165) is 0 Å². The van der Waals surface area contributed by atoms with Crippen molar-refractivity contribution in [3.8, 4) is 12.3 Å². The maximum atomic E-state index is 11.5. The van der Waals surface area contributed by atoms with E-state index in [4.69, 9.17) is 25.4 Å². The highest BCUT2D eigenvalue weighted by atomic mass is 16.6. The van der Waals surface area contributed by atoms with Gasteiger partial charge in [-0.05, 0) is 0 Å². The Morgan fingerprint density at radius 2 is 1.70 bits per heavy atom. The van der Waals surface area contributed by atoms with Gasteiger partial charge in [0.2, 0.25) is 5.82 Å². The number of carbonyl (C=O) groups is 1. The molecule has 0 spiro atoms. The molecule has 1 heterocycles. The molecule has 1 amide bonds. The molecule has 1 aromatic heterocycles. The van der Waals surface area contributed by atoms with Crippen molar-refractivity contribution in [2.75, 3.05) is 59.4 Å². The zero-order valence-corrected chi connectivity index (χ0v) is 13.0. The standard InChI is InChI=1S/C14H22N4O5/c1-2-4-20-6-8-22-10-11-23-9-7-21-5-3-15-14(19)13-16-12-17-18-13/h1,12H,3-11H2,(H,15,19)(H,16,17,18). The van der Waals surface area contributed by atoms with Gasteiger partial charge in [-0.3, -0.25) is 9.89 Å². The van der Waals surface area contributed by atoms with E-state index < -0.39 is 0 Å². The number of nitrogens with one attached hydrogen (secondary N) is 2. The molecule has 0 aliphatic heterocycles.